The smallest absolute Gasteiger partial charge is 0.328 e. The van der Waals surface area contributed by atoms with E-state index in [4.69, 9.17) is 9.47 Å². The third kappa shape index (κ3) is 2.80. The molecule has 1 saturated heterocycles. The van der Waals surface area contributed by atoms with E-state index >= 15 is 0 Å². The number of ether oxygens (including phenoxy) is 2. The first-order valence-electron chi connectivity index (χ1n) is 6.24. The van der Waals surface area contributed by atoms with Crippen molar-refractivity contribution in [1.82, 2.24) is 4.90 Å². The third-order valence-corrected chi connectivity index (χ3v) is 3.40. The van der Waals surface area contributed by atoms with Crippen LogP contribution < -0.4 is 0 Å². The summed E-state index contributed by atoms with van der Waals surface area (Å²) in [6, 6.07) is 4.69. The van der Waals surface area contributed by atoms with Gasteiger partial charge in [0.25, 0.3) is 5.91 Å². The van der Waals surface area contributed by atoms with E-state index in [0.717, 1.165) is 6.07 Å². The highest BCUT2D eigenvalue weighted by Gasteiger charge is 2.40. The van der Waals surface area contributed by atoms with E-state index in [1.807, 2.05) is 0 Å². The fourth-order valence-corrected chi connectivity index (χ4v) is 2.34. The Morgan fingerprint density at radius 1 is 1.35 bits per heavy atom. The lowest BCUT2D eigenvalue weighted by Gasteiger charge is -2.22. The van der Waals surface area contributed by atoms with Crippen LogP contribution in [0.1, 0.15) is 16.8 Å². The van der Waals surface area contributed by atoms with E-state index in [0.29, 0.717) is 6.42 Å². The number of rotatable bonds is 3. The van der Waals surface area contributed by atoms with Gasteiger partial charge in [-0.3, -0.25) is 4.79 Å². The van der Waals surface area contributed by atoms with Crippen LogP contribution in [0.25, 0.3) is 0 Å². The molecule has 0 radical (unpaired) electrons. The highest BCUT2D eigenvalue weighted by Crippen LogP contribution is 2.23. The van der Waals surface area contributed by atoms with Crippen molar-refractivity contribution in [3.8, 4) is 0 Å². The minimum absolute atomic E-state index is 0.204. The van der Waals surface area contributed by atoms with Crippen LogP contribution in [0.15, 0.2) is 24.3 Å². The summed E-state index contributed by atoms with van der Waals surface area (Å²) in [5, 5.41) is 0. The first kappa shape index (κ1) is 14.5. The molecule has 20 heavy (non-hydrogen) atoms. The summed E-state index contributed by atoms with van der Waals surface area (Å²) in [6.07, 6.45) is 0.154. The standard InChI is InChI=1S/C14H16FNO4/c1-19-11-7-12(14(18)20-2)16(8-11)13(17)9-4-3-5-10(15)6-9/h3-6,11-12H,7-8H2,1-2H3/t11-,12-/m0/s1. The Bertz CT molecular complexity index is 520. The lowest BCUT2D eigenvalue weighted by atomic mass is 10.1. The van der Waals surface area contributed by atoms with Crippen molar-refractivity contribution >= 4 is 11.9 Å². The first-order chi connectivity index (χ1) is 9.56. The Morgan fingerprint density at radius 3 is 2.70 bits per heavy atom. The average Bonchev–Trinajstić information content (AvgIpc) is 2.90. The van der Waals surface area contributed by atoms with Gasteiger partial charge < -0.3 is 14.4 Å². The zero-order valence-electron chi connectivity index (χ0n) is 11.3. The Labute approximate surface area is 116 Å². The number of nitrogens with zero attached hydrogens (tertiary/aromatic N) is 1. The number of carbonyl (C=O) groups excluding carboxylic acids is 2. The number of methoxy groups -OCH3 is 2. The summed E-state index contributed by atoms with van der Waals surface area (Å²) in [7, 11) is 2.79. The number of carbonyl (C=O) groups is 2. The fourth-order valence-electron chi connectivity index (χ4n) is 2.34. The van der Waals surface area contributed by atoms with Crippen molar-refractivity contribution in [2.24, 2.45) is 0 Å². The molecule has 1 aliphatic rings. The van der Waals surface area contributed by atoms with E-state index in [2.05, 4.69) is 0 Å². The molecule has 1 heterocycles. The molecule has 1 fully saturated rings. The Morgan fingerprint density at radius 2 is 2.10 bits per heavy atom. The maximum Gasteiger partial charge on any atom is 0.328 e. The first-order valence-corrected chi connectivity index (χ1v) is 6.24. The Balaban J connectivity index is 2.24. The van der Waals surface area contributed by atoms with Crippen LogP contribution in [-0.2, 0) is 14.3 Å². The van der Waals surface area contributed by atoms with Gasteiger partial charge in [0.2, 0.25) is 0 Å². The van der Waals surface area contributed by atoms with Gasteiger partial charge in [0.15, 0.2) is 0 Å². The molecule has 1 amide bonds. The second-order valence-electron chi connectivity index (χ2n) is 4.60. The maximum absolute atomic E-state index is 13.2. The average molecular weight is 281 g/mol. The third-order valence-electron chi connectivity index (χ3n) is 3.40. The second-order valence-corrected chi connectivity index (χ2v) is 4.60. The van der Waals surface area contributed by atoms with E-state index in [1.165, 1.54) is 37.3 Å². The molecular weight excluding hydrogens is 265 g/mol. The van der Waals surface area contributed by atoms with Crippen LogP contribution in [0.4, 0.5) is 4.39 Å². The van der Waals surface area contributed by atoms with Gasteiger partial charge in [-0.1, -0.05) is 6.07 Å². The predicted octanol–water partition coefficient (Wildman–Crippen LogP) is 1.23. The maximum atomic E-state index is 13.2. The van der Waals surface area contributed by atoms with Gasteiger partial charge in [0, 0.05) is 25.6 Å². The number of likely N-dealkylation sites (tertiary alicyclic amines) is 1. The molecular formula is C14H16FNO4. The summed E-state index contributed by atoms with van der Waals surface area (Å²) in [6.45, 7) is 0.283. The van der Waals surface area contributed by atoms with Crippen LogP contribution in [0.2, 0.25) is 0 Å². The molecule has 1 aromatic rings. The molecule has 0 spiro atoms. The highest BCUT2D eigenvalue weighted by atomic mass is 19.1. The number of esters is 1. The Kier molecular flexibility index (Phi) is 4.34. The highest BCUT2D eigenvalue weighted by molar-refractivity contribution is 5.97. The molecule has 0 aliphatic carbocycles. The molecule has 2 atom stereocenters. The number of amides is 1. The summed E-state index contributed by atoms with van der Waals surface area (Å²) >= 11 is 0. The molecule has 0 unspecified atom stereocenters. The largest absolute Gasteiger partial charge is 0.467 e. The van der Waals surface area contributed by atoms with Crippen LogP contribution >= 0.6 is 0 Å². The van der Waals surface area contributed by atoms with Crippen molar-refractivity contribution in [2.45, 2.75) is 18.6 Å². The summed E-state index contributed by atoms with van der Waals surface area (Å²) in [5.41, 5.74) is 0.204. The van der Waals surface area contributed by atoms with Gasteiger partial charge in [0.1, 0.15) is 11.9 Å². The fraction of sp³-hybridized carbons (Fsp3) is 0.429. The van der Waals surface area contributed by atoms with Gasteiger partial charge in [-0.05, 0) is 18.2 Å². The predicted molar refractivity (Wildman–Crippen MR) is 68.7 cm³/mol. The molecule has 0 aromatic heterocycles. The topological polar surface area (TPSA) is 55.8 Å². The number of halogens is 1. The molecule has 1 aromatic carbocycles. The zero-order valence-corrected chi connectivity index (χ0v) is 11.3. The van der Waals surface area contributed by atoms with E-state index in [-0.39, 0.29) is 18.2 Å². The van der Waals surface area contributed by atoms with Crippen LogP contribution in [0.3, 0.4) is 0 Å². The number of hydrogen-bond donors (Lipinski definition) is 0. The molecule has 108 valence electrons. The SMILES string of the molecule is COC(=O)[C@@H]1C[C@H](OC)CN1C(=O)c1cccc(F)c1. The van der Waals surface area contributed by atoms with Crippen LogP contribution in [-0.4, -0.2) is 49.7 Å². The molecule has 1 aliphatic heterocycles. The quantitative estimate of drug-likeness (QED) is 0.782. The summed E-state index contributed by atoms with van der Waals surface area (Å²) in [4.78, 5) is 25.5. The van der Waals surface area contributed by atoms with Gasteiger partial charge in [-0.2, -0.15) is 0 Å². The molecule has 0 N–H and O–H groups in total. The minimum Gasteiger partial charge on any atom is -0.467 e. The van der Waals surface area contributed by atoms with Crippen molar-refractivity contribution in [3.63, 3.8) is 0 Å². The van der Waals surface area contributed by atoms with Gasteiger partial charge in [-0.25, -0.2) is 9.18 Å². The second kappa shape index (κ2) is 6.00. The molecule has 0 saturated carbocycles. The van der Waals surface area contributed by atoms with Crippen molar-refractivity contribution in [3.05, 3.63) is 35.6 Å². The van der Waals surface area contributed by atoms with Crippen molar-refractivity contribution in [2.75, 3.05) is 20.8 Å². The lowest BCUT2D eigenvalue weighted by molar-refractivity contribution is -0.145. The van der Waals surface area contributed by atoms with Crippen LogP contribution in [0.5, 0.6) is 0 Å². The monoisotopic (exact) mass is 281 g/mol. The minimum atomic E-state index is -0.694. The van der Waals surface area contributed by atoms with Crippen molar-refractivity contribution in [1.29, 1.82) is 0 Å². The van der Waals surface area contributed by atoms with Crippen molar-refractivity contribution < 1.29 is 23.5 Å². The van der Waals surface area contributed by atoms with Gasteiger partial charge in [-0.15, -0.1) is 0 Å². The van der Waals surface area contributed by atoms with E-state index in [1.54, 1.807) is 0 Å². The van der Waals surface area contributed by atoms with Crippen LogP contribution in [0, 0.1) is 5.82 Å². The Hall–Kier alpha value is -1.95. The van der Waals surface area contributed by atoms with E-state index in [9.17, 15) is 14.0 Å². The molecule has 2 rings (SSSR count). The summed E-state index contributed by atoms with van der Waals surface area (Å²) in [5.74, 6) is -1.39. The van der Waals surface area contributed by atoms with E-state index < -0.39 is 23.7 Å². The normalized spacial score (nSPS) is 21.9. The molecule has 5 nitrogen and oxygen atoms in total. The zero-order chi connectivity index (χ0) is 14.7. The lowest BCUT2D eigenvalue weighted by Crippen LogP contribution is -2.41. The van der Waals surface area contributed by atoms with Gasteiger partial charge >= 0.3 is 5.97 Å². The summed E-state index contributed by atoms with van der Waals surface area (Å²) < 4.78 is 23.1. The van der Waals surface area contributed by atoms with Gasteiger partial charge in [0.05, 0.1) is 13.2 Å². The molecule has 6 heteroatoms. The molecule has 0 bridgehead atoms. The number of benzene rings is 1. The number of hydrogen-bond acceptors (Lipinski definition) is 4.